The second-order valence-electron chi connectivity index (χ2n) is 9.66. The molecule has 1 amide bonds. The fraction of sp³-hybridized carbons (Fsp3) is 0.194. The van der Waals surface area contributed by atoms with Crippen LogP contribution < -0.4 is 19.1 Å². The number of rotatable bonds is 10. The first-order chi connectivity index (χ1) is 21.1. The number of methoxy groups -OCH3 is 1. The second-order valence-corrected chi connectivity index (χ2v) is 12.9. The maximum atomic E-state index is 13.1. The van der Waals surface area contributed by atoms with Gasteiger partial charge < -0.3 is 24.3 Å². The second kappa shape index (κ2) is 12.8. The number of nitrogens with zero attached hydrogens (tertiary/aromatic N) is 1. The number of carbonyl (C=O) groups excluding carboxylic acids is 3. The molecule has 0 spiro atoms. The zero-order chi connectivity index (χ0) is 31.4. The summed E-state index contributed by atoms with van der Waals surface area (Å²) in [7, 11) is -1.31. The molecule has 0 saturated carbocycles. The third kappa shape index (κ3) is 6.38. The largest absolute Gasteiger partial charge is 0.465 e. The Morgan fingerprint density at radius 1 is 0.955 bits per heavy atom. The van der Waals surface area contributed by atoms with E-state index in [1.165, 1.54) is 49.8 Å². The molecule has 1 N–H and O–H groups in total. The van der Waals surface area contributed by atoms with E-state index >= 15 is 0 Å². The van der Waals surface area contributed by atoms with E-state index in [1.54, 1.807) is 36.4 Å². The lowest BCUT2D eigenvalue weighted by molar-refractivity contribution is -0.119. The van der Waals surface area contributed by atoms with E-state index in [1.807, 2.05) is 19.1 Å². The van der Waals surface area contributed by atoms with E-state index in [0.29, 0.717) is 29.2 Å². The van der Waals surface area contributed by atoms with Crippen molar-refractivity contribution in [3.63, 3.8) is 0 Å². The number of aryl methyl sites for hydroxylation is 1. The molecule has 0 aliphatic carbocycles. The van der Waals surface area contributed by atoms with Crippen LogP contribution in [-0.4, -0.2) is 53.8 Å². The van der Waals surface area contributed by atoms with E-state index in [2.05, 4.69) is 5.32 Å². The lowest BCUT2D eigenvalue weighted by atomic mass is 10.0. The van der Waals surface area contributed by atoms with Crippen LogP contribution in [0.15, 0.2) is 77.7 Å². The predicted octanol–water partition coefficient (Wildman–Crippen LogP) is 4.78. The number of para-hydroxylation sites is 1. The summed E-state index contributed by atoms with van der Waals surface area (Å²) in [5.41, 5.74) is 2.14. The first-order valence-electron chi connectivity index (χ1n) is 13.3. The van der Waals surface area contributed by atoms with Crippen molar-refractivity contribution in [3.8, 4) is 11.5 Å². The monoisotopic (exact) mass is 636 g/mol. The number of ether oxygens (including phenoxy) is 4. The van der Waals surface area contributed by atoms with Gasteiger partial charge in [-0.15, -0.1) is 11.3 Å². The lowest BCUT2D eigenvalue weighted by Crippen LogP contribution is -2.26. The molecule has 0 unspecified atom stereocenters. The van der Waals surface area contributed by atoms with Crippen LogP contribution in [0.2, 0.25) is 0 Å². The number of thiophene rings is 1. The van der Waals surface area contributed by atoms with E-state index in [-0.39, 0.29) is 27.8 Å². The summed E-state index contributed by atoms with van der Waals surface area (Å²) in [6, 6.07) is 19.4. The molecule has 0 saturated heterocycles. The molecule has 4 aromatic rings. The highest BCUT2D eigenvalue weighted by atomic mass is 32.2. The number of hydrogen-bond acceptors (Lipinski definition) is 10. The van der Waals surface area contributed by atoms with Gasteiger partial charge in [0.25, 0.3) is 15.9 Å². The minimum atomic E-state index is -3.97. The van der Waals surface area contributed by atoms with Crippen LogP contribution >= 0.6 is 11.3 Å². The third-order valence-corrected chi connectivity index (χ3v) is 9.70. The average molecular weight is 637 g/mol. The van der Waals surface area contributed by atoms with E-state index in [9.17, 15) is 22.8 Å². The van der Waals surface area contributed by atoms with Gasteiger partial charge in [-0.1, -0.05) is 30.3 Å². The number of amides is 1. The molecule has 3 aromatic carbocycles. The average Bonchev–Trinajstić information content (AvgIpc) is 3.62. The van der Waals surface area contributed by atoms with Gasteiger partial charge in [0.15, 0.2) is 18.1 Å². The number of nitrogens with one attached hydrogen (secondary N) is 1. The minimum absolute atomic E-state index is 0.0476. The molecule has 0 radical (unpaired) electrons. The minimum Gasteiger partial charge on any atom is -0.465 e. The Hall–Kier alpha value is -4.88. The third-order valence-electron chi connectivity index (χ3n) is 6.85. The van der Waals surface area contributed by atoms with Crippen molar-refractivity contribution in [2.24, 2.45) is 0 Å². The van der Waals surface area contributed by atoms with Crippen LogP contribution in [0, 0.1) is 6.92 Å². The Labute approximate surface area is 258 Å². The van der Waals surface area contributed by atoms with Gasteiger partial charge in [0.2, 0.25) is 6.79 Å². The Balaban J connectivity index is 1.27. The Morgan fingerprint density at radius 3 is 2.45 bits per heavy atom. The number of esters is 2. The molecule has 1 aromatic heterocycles. The van der Waals surface area contributed by atoms with Crippen LogP contribution in [0.5, 0.6) is 11.5 Å². The van der Waals surface area contributed by atoms with Crippen LogP contribution in [0.1, 0.15) is 36.7 Å². The van der Waals surface area contributed by atoms with Crippen LogP contribution in [-0.2, 0) is 30.7 Å². The van der Waals surface area contributed by atoms with Gasteiger partial charge >= 0.3 is 11.9 Å². The maximum Gasteiger partial charge on any atom is 0.341 e. The fourth-order valence-electron chi connectivity index (χ4n) is 4.55. The van der Waals surface area contributed by atoms with Gasteiger partial charge in [-0.25, -0.2) is 18.0 Å². The van der Waals surface area contributed by atoms with Crippen molar-refractivity contribution in [3.05, 3.63) is 99.9 Å². The number of benzene rings is 3. The molecule has 13 heteroatoms. The summed E-state index contributed by atoms with van der Waals surface area (Å²) in [5.74, 6) is -0.961. The number of hydrogen-bond donors (Lipinski definition) is 1. The van der Waals surface area contributed by atoms with Gasteiger partial charge in [0.05, 0.1) is 28.8 Å². The van der Waals surface area contributed by atoms with Gasteiger partial charge in [-0.3, -0.25) is 9.10 Å². The summed E-state index contributed by atoms with van der Waals surface area (Å²) in [6.45, 7) is 1.29. The van der Waals surface area contributed by atoms with Crippen molar-refractivity contribution < 1.29 is 41.7 Å². The van der Waals surface area contributed by atoms with Crippen molar-refractivity contribution in [2.45, 2.75) is 18.2 Å². The molecule has 11 nitrogen and oxygen atoms in total. The maximum absolute atomic E-state index is 13.1. The molecule has 1 aliphatic heterocycles. The summed E-state index contributed by atoms with van der Waals surface area (Å²) in [6.07, 6.45) is 0.368. The summed E-state index contributed by atoms with van der Waals surface area (Å²) < 4.78 is 48.4. The highest BCUT2D eigenvalue weighted by Crippen LogP contribution is 2.37. The molecule has 0 fully saturated rings. The lowest BCUT2D eigenvalue weighted by Gasteiger charge is -2.19. The van der Waals surface area contributed by atoms with Crippen molar-refractivity contribution >= 4 is 49.9 Å². The molecule has 44 heavy (non-hydrogen) atoms. The first kappa shape index (κ1) is 30.6. The fourth-order valence-corrected chi connectivity index (χ4v) is 6.87. The molecule has 1 aliphatic rings. The standard InChI is InChI=1S/C31H28N2O9S2/c1-19-24(14-20-12-13-25-26(15-20)42-18-41-25)28(31(36)39-3)29(43-19)32-27(34)17-40-30(35)21-8-7-11-23(16-21)44(37,38)33(2)22-9-5-4-6-10-22/h4-13,15-16H,14,17-18H2,1-3H3,(H,32,34). The Kier molecular flexibility index (Phi) is 8.88. The summed E-state index contributed by atoms with van der Waals surface area (Å²) >= 11 is 1.19. The van der Waals surface area contributed by atoms with Gasteiger partial charge in [-0.05, 0) is 66.9 Å². The van der Waals surface area contributed by atoms with Crippen molar-refractivity contribution in [1.29, 1.82) is 0 Å². The van der Waals surface area contributed by atoms with Crippen LogP contribution in [0.4, 0.5) is 10.7 Å². The van der Waals surface area contributed by atoms with E-state index in [0.717, 1.165) is 14.7 Å². The normalized spacial score (nSPS) is 12.0. The summed E-state index contributed by atoms with van der Waals surface area (Å²) in [4.78, 5) is 39.1. The van der Waals surface area contributed by atoms with Gasteiger partial charge in [0.1, 0.15) is 5.00 Å². The van der Waals surface area contributed by atoms with Gasteiger partial charge in [-0.2, -0.15) is 0 Å². The van der Waals surface area contributed by atoms with Crippen molar-refractivity contribution in [2.75, 3.05) is 37.2 Å². The predicted molar refractivity (Wildman–Crippen MR) is 163 cm³/mol. The van der Waals surface area contributed by atoms with E-state index < -0.39 is 34.5 Å². The number of carbonyl (C=O) groups is 3. The Bertz CT molecular complexity index is 1840. The molecule has 0 bridgehead atoms. The number of sulfonamides is 1. The molecule has 228 valence electrons. The van der Waals surface area contributed by atoms with E-state index in [4.69, 9.17) is 18.9 Å². The van der Waals surface area contributed by atoms with Crippen molar-refractivity contribution in [1.82, 2.24) is 0 Å². The molecular formula is C31H28N2O9S2. The molecule has 0 atom stereocenters. The molecule has 5 rings (SSSR count). The van der Waals surface area contributed by atoms with Crippen LogP contribution in [0.25, 0.3) is 0 Å². The summed E-state index contributed by atoms with van der Waals surface area (Å²) in [5, 5.41) is 2.90. The highest BCUT2D eigenvalue weighted by Gasteiger charge is 2.26. The Morgan fingerprint density at radius 2 is 1.70 bits per heavy atom. The topological polar surface area (TPSA) is 138 Å². The highest BCUT2D eigenvalue weighted by molar-refractivity contribution is 7.92. The van der Waals surface area contributed by atoms with Crippen LogP contribution in [0.3, 0.4) is 0 Å². The first-order valence-corrected chi connectivity index (χ1v) is 15.5. The number of fused-ring (bicyclic) bond motifs is 1. The zero-order valence-electron chi connectivity index (χ0n) is 24.0. The quantitative estimate of drug-likeness (QED) is 0.244. The zero-order valence-corrected chi connectivity index (χ0v) is 25.6. The molecule has 2 heterocycles. The number of anilines is 2. The molecular weight excluding hydrogens is 608 g/mol. The van der Waals surface area contributed by atoms with Gasteiger partial charge in [0, 0.05) is 11.9 Å². The smallest absolute Gasteiger partial charge is 0.341 e. The SMILES string of the molecule is COC(=O)c1c(NC(=O)COC(=O)c2cccc(S(=O)(=O)N(C)c3ccccc3)c2)sc(C)c1Cc1ccc2c(c1)OCO2.